The lowest BCUT2D eigenvalue weighted by atomic mass is 9.81. The van der Waals surface area contributed by atoms with E-state index in [9.17, 15) is 0 Å². The SMILES string of the molecule is CC1(C)c2ccccc2-c2c1cc1ccc(-c3ccccc3)cc1c2N(c1ccccc1)c1ccc(-c2ccccc2-c2ccccc2)cc1. The predicted octanol–water partition coefficient (Wildman–Crippen LogP) is 13.6. The second-order valence-electron chi connectivity index (χ2n) is 13.7. The first kappa shape index (κ1) is 29.9. The van der Waals surface area contributed by atoms with Crippen LogP contribution in [-0.2, 0) is 5.41 Å². The minimum absolute atomic E-state index is 0.139. The van der Waals surface area contributed by atoms with Crippen LogP contribution in [0.4, 0.5) is 17.1 Å². The standard InChI is InChI=1S/C49H37N/c1-49(2)45-25-15-14-24-43(45)47-46(49)33-38-27-26-37(34-16-6-3-7-17-34)32-44(38)48(47)50(39-20-10-5-11-21-39)40-30-28-36(29-31-40)42-23-13-12-22-41(42)35-18-8-4-9-19-35/h3-33H,1-2H3. The summed E-state index contributed by atoms with van der Waals surface area (Å²) in [6.45, 7) is 4.74. The number of para-hydroxylation sites is 1. The largest absolute Gasteiger partial charge is 0.309 e. The van der Waals surface area contributed by atoms with Gasteiger partial charge in [-0.1, -0.05) is 166 Å². The van der Waals surface area contributed by atoms with Crippen molar-refractivity contribution in [1.29, 1.82) is 0 Å². The van der Waals surface area contributed by atoms with Crippen LogP contribution in [0.15, 0.2) is 188 Å². The summed E-state index contributed by atoms with van der Waals surface area (Å²) in [4.78, 5) is 2.49. The molecule has 238 valence electrons. The summed E-state index contributed by atoms with van der Waals surface area (Å²) in [5.41, 5.74) is 16.0. The summed E-state index contributed by atoms with van der Waals surface area (Å²) in [5, 5.41) is 2.48. The fourth-order valence-electron chi connectivity index (χ4n) is 7.96. The van der Waals surface area contributed by atoms with Crippen molar-refractivity contribution in [2.24, 2.45) is 0 Å². The first-order valence-corrected chi connectivity index (χ1v) is 17.4. The second kappa shape index (κ2) is 12.1. The van der Waals surface area contributed by atoms with Crippen LogP contribution in [0.5, 0.6) is 0 Å². The fraction of sp³-hybridized carbons (Fsp3) is 0.0612. The van der Waals surface area contributed by atoms with E-state index in [4.69, 9.17) is 0 Å². The fourth-order valence-corrected chi connectivity index (χ4v) is 7.96. The van der Waals surface area contributed by atoms with E-state index in [1.54, 1.807) is 0 Å². The van der Waals surface area contributed by atoms with Gasteiger partial charge in [-0.25, -0.2) is 0 Å². The first-order valence-electron chi connectivity index (χ1n) is 17.4. The van der Waals surface area contributed by atoms with E-state index >= 15 is 0 Å². The third-order valence-corrected chi connectivity index (χ3v) is 10.5. The zero-order chi connectivity index (χ0) is 33.7. The van der Waals surface area contributed by atoms with Crippen LogP contribution in [-0.4, -0.2) is 0 Å². The lowest BCUT2D eigenvalue weighted by molar-refractivity contribution is 0.661. The molecule has 0 aliphatic heterocycles. The molecular weight excluding hydrogens is 603 g/mol. The molecule has 0 unspecified atom stereocenters. The Hall–Kier alpha value is -6.18. The zero-order valence-electron chi connectivity index (χ0n) is 28.3. The van der Waals surface area contributed by atoms with Crippen molar-refractivity contribution in [3.63, 3.8) is 0 Å². The Morgan fingerprint density at radius 1 is 0.380 bits per heavy atom. The molecule has 0 N–H and O–H groups in total. The Bertz CT molecular complexity index is 2480. The molecule has 9 rings (SSSR count). The number of hydrogen-bond donors (Lipinski definition) is 0. The topological polar surface area (TPSA) is 3.24 Å². The molecule has 0 amide bonds. The van der Waals surface area contributed by atoms with Gasteiger partial charge in [0.05, 0.1) is 5.69 Å². The van der Waals surface area contributed by atoms with Gasteiger partial charge >= 0.3 is 0 Å². The molecule has 0 saturated heterocycles. The quantitative estimate of drug-likeness (QED) is 0.175. The van der Waals surface area contributed by atoms with Crippen molar-refractivity contribution >= 4 is 27.8 Å². The number of hydrogen-bond acceptors (Lipinski definition) is 1. The number of nitrogens with zero attached hydrogens (tertiary/aromatic N) is 1. The van der Waals surface area contributed by atoms with Gasteiger partial charge in [0.15, 0.2) is 0 Å². The van der Waals surface area contributed by atoms with E-state index in [2.05, 4.69) is 207 Å². The van der Waals surface area contributed by atoms with Crippen LogP contribution in [0.3, 0.4) is 0 Å². The van der Waals surface area contributed by atoms with Crippen LogP contribution in [0.2, 0.25) is 0 Å². The first-order chi connectivity index (χ1) is 24.6. The maximum absolute atomic E-state index is 2.49. The van der Waals surface area contributed by atoms with Crippen molar-refractivity contribution in [1.82, 2.24) is 0 Å². The van der Waals surface area contributed by atoms with Crippen LogP contribution in [0.25, 0.3) is 55.3 Å². The lowest BCUT2D eigenvalue weighted by Gasteiger charge is -2.31. The van der Waals surface area contributed by atoms with E-state index in [1.807, 2.05) is 0 Å². The smallest absolute Gasteiger partial charge is 0.0621 e. The Morgan fingerprint density at radius 3 is 1.54 bits per heavy atom. The normalized spacial score (nSPS) is 12.8. The summed E-state index contributed by atoms with van der Waals surface area (Å²) < 4.78 is 0. The maximum Gasteiger partial charge on any atom is 0.0621 e. The van der Waals surface area contributed by atoms with Gasteiger partial charge in [0, 0.05) is 27.7 Å². The highest BCUT2D eigenvalue weighted by atomic mass is 15.1. The molecule has 1 heteroatoms. The Kier molecular flexibility index (Phi) is 7.21. The molecule has 0 bridgehead atoms. The molecule has 0 saturated carbocycles. The van der Waals surface area contributed by atoms with Gasteiger partial charge in [-0.3, -0.25) is 0 Å². The molecule has 8 aromatic carbocycles. The summed E-state index contributed by atoms with van der Waals surface area (Å²) in [7, 11) is 0. The minimum Gasteiger partial charge on any atom is -0.309 e. The van der Waals surface area contributed by atoms with Gasteiger partial charge in [0.1, 0.15) is 0 Å². The third-order valence-electron chi connectivity index (χ3n) is 10.5. The number of benzene rings is 8. The number of rotatable bonds is 6. The van der Waals surface area contributed by atoms with E-state index in [0.717, 1.165) is 11.4 Å². The average molecular weight is 640 g/mol. The molecule has 50 heavy (non-hydrogen) atoms. The van der Waals surface area contributed by atoms with Crippen LogP contribution in [0.1, 0.15) is 25.0 Å². The number of fused-ring (bicyclic) bond motifs is 4. The highest BCUT2D eigenvalue weighted by molar-refractivity contribution is 6.10. The summed E-state index contributed by atoms with van der Waals surface area (Å²) in [6, 6.07) is 68.5. The zero-order valence-corrected chi connectivity index (χ0v) is 28.3. The molecule has 0 aromatic heterocycles. The van der Waals surface area contributed by atoms with Gasteiger partial charge in [-0.2, -0.15) is 0 Å². The van der Waals surface area contributed by atoms with Crippen LogP contribution >= 0.6 is 0 Å². The average Bonchev–Trinajstić information content (AvgIpc) is 3.41. The Balaban J connectivity index is 1.31. The summed E-state index contributed by atoms with van der Waals surface area (Å²) in [5.74, 6) is 0. The van der Waals surface area contributed by atoms with Crippen molar-refractivity contribution in [3.05, 3.63) is 199 Å². The van der Waals surface area contributed by atoms with E-state index in [0.29, 0.717) is 0 Å². The molecule has 1 aliphatic carbocycles. The Labute approximate surface area is 294 Å². The van der Waals surface area contributed by atoms with Gasteiger partial charge in [0.2, 0.25) is 0 Å². The molecule has 0 radical (unpaired) electrons. The molecule has 0 spiro atoms. The molecule has 0 atom stereocenters. The third kappa shape index (κ3) is 4.94. The summed E-state index contributed by atoms with van der Waals surface area (Å²) >= 11 is 0. The molecule has 0 heterocycles. The molecule has 1 nitrogen and oxygen atoms in total. The lowest BCUT2D eigenvalue weighted by Crippen LogP contribution is -2.16. The van der Waals surface area contributed by atoms with Gasteiger partial charge in [-0.15, -0.1) is 0 Å². The molecular formula is C49H37N. The monoisotopic (exact) mass is 639 g/mol. The van der Waals surface area contributed by atoms with Crippen molar-refractivity contribution in [2.45, 2.75) is 19.3 Å². The molecule has 8 aromatic rings. The molecule has 1 aliphatic rings. The maximum atomic E-state index is 2.49. The Morgan fingerprint density at radius 2 is 0.880 bits per heavy atom. The molecule has 0 fully saturated rings. The van der Waals surface area contributed by atoms with Gasteiger partial charge in [-0.05, 0) is 91.9 Å². The van der Waals surface area contributed by atoms with Crippen molar-refractivity contribution < 1.29 is 0 Å². The second-order valence-corrected chi connectivity index (χ2v) is 13.7. The number of anilines is 3. The van der Waals surface area contributed by atoms with Crippen LogP contribution < -0.4 is 4.90 Å². The van der Waals surface area contributed by atoms with E-state index in [1.165, 1.54) is 72.1 Å². The predicted molar refractivity (Wildman–Crippen MR) is 213 cm³/mol. The highest BCUT2D eigenvalue weighted by Crippen LogP contribution is 2.57. The van der Waals surface area contributed by atoms with Crippen molar-refractivity contribution in [2.75, 3.05) is 4.90 Å². The van der Waals surface area contributed by atoms with E-state index < -0.39 is 0 Å². The van der Waals surface area contributed by atoms with E-state index in [-0.39, 0.29) is 5.41 Å². The van der Waals surface area contributed by atoms with Crippen molar-refractivity contribution in [3.8, 4) is 44.5 Å². The minimum atomic E-state index is -0.139. The van der Waals surface area contributed by atoms with Crippen LogP contribution in [0, 0.1) is 0 Å². The highest BCUT2D eigenvalue weighted by Gasteiger charge is 2.39. The summed E-state index contributed by atoms with van der Waals surface area (Å²) in [6.07, 6.45) is 0. The van der Waals surface area contributed by atoms with Gasteiger partial charge in [0.25, 0.3) is 0 Å². The van der Waals surface area contributed by atoms with Gasteiger partial charge < -0.3 is 4.90 Å².